The van der Waals surface area contributed by atoms with E-state index >= 15 is 0 Å². The van der Waals surface area contributed by atoms with Crippen LogP contribution in [0.4, 0.5) is 4.39 Å². The number of halogens is 1. The highest BCUT2D eigenvalue weighted by molar-refractivity contribution is 5.75. The predicted molar refractivity (Wildman–Crippen MR) is 109 cm³/mol. The van der Waals surface area contributed by atoms with Crippen LogP contribution >= 0.6 is 0 Å². The molecule has 2 aromatic carbocycles. The van der Waals surface area contributed by atoms with Gasteiger partial charge < -0.3 is 9.73 Å². The van der Waals surface area contributed by atoms with E-state index in [1.165, 1.54) is 42.7 Å². The normalized spacial score (nSPS) is 14.2. The third-order valence-electron chi connectivity index (χ3n) is 5.18. The standard InChI is InChI=1S/C22H23FN4O3/c23-19-9-7-16(8-10-19)21-25-27(22(29)30-21)15-20(28)24-13-17-5-1-2-6-18(17)14-26-11-3-4-12-26/h1-2,5-10H,3-4,11-15H2,(H,24,28). The van der Waals surface area contributed by atoms with Crippen LogP contribution < -0.4 is 11.1 Å². The fraction of sp³-hybridized carbons (Fsp3) is 0.318. The third-order valence-corrected chi connectivity index (χ3v) is 5.18. The van der Waals surface area contributed by atoms with Gasteiger partial charge in [0.05, 0.1) is 0 Å². The van der Waals surface area contributed by atoms with Crippen LogP contribution in [0.5, 0.6) is 0 Å². The fourth-order valence-corrected chi connectivity index (χ4v) is 3.57. The Kier molecular flexibility index (Phi) is 6.04. The largest absolute Gasteiger partial charge is 0.437 e. The monoisotopic (exact) mass is 410 g/mol. The molecule has 7 nitrogen and oxygen atoms in total. The van der Waals surface area contributed by atoms with Crippen molar-refractivity contribution >= 4 is 5.91 Å². The number of nitrogens with zero attached hydrogens (tertiary/aromatic N) is 3. The Morgan fingerprint density at radius 1 is 1.07 bits per heavy atom. The number of hydrogen-bond acceptors (Lipinski definition) is 5. The van der Waals surface area contributed by atoms with Crippen LogP contribution in [-0.2, 0) is 24.4 Å². The number of benzene rings is 2. The van der Waals surface area contributed by atoms with Gasteiger partial charge in [-0.25, -0.2) is 9.18 Å². The zero-order chi connectivity index (χ0) is 20.9. The Bertz CT molecular complexity index is 1070. The number of rotatable bonds is 7. The van der Waals surface area contributed by atoms with Gasteiger partial charge in [-0.15, -0.1) is 5.10 Å². The van der Waals surface area contributed by atoms with Crippen molar-refractivity contribution in [3.8, 4) is 11.5 Å². The van der Waals surface area contributed by atoms with E-state index in [0.717, 1.165) is 29.9 Å². The molecule has 1 aliphatic rings. The van der Waals surface area contributed by atoms with Crippen molar-refractivity contribution in [2.75, 3.05) is 13.1 Å². The minimum absolute atomic E-state index is 0.0451. The van der Waals surface area contributed by atoms with E-state index in [2.05, 4.69) is 21.4 Å². The summed E-state index contributed by atoms with van der Waals surface area (Å²) in [6, 6.07) is 13.5. The molecular formula is C22H23FN4O3. The lowest BCUT2D eigenvalue weighted by Gasteiger charge is -2.17. The first-order valence-electron chi connectivity index (χ1n) is 9.98. The quantitative estimate of drug-likeness (QED) is 0.648. The van der Waals surface area contributed by atoms with E-state index in [0.29, 0.717) is 12.1 Å². The number of likely N-dealkylation sites (tertiary alicyclic amines) is 1. The molecule has 2 heterocycles. The maximum Gasteiger partial charge on any atom is 0.437 e. The van der Waals surface area contributed by atoms with Gasteiger partial charge in [-0.2, -0.15) is 4.68 Å². The first kappa shape index (κ1) is 20.0. The maximum absolute atomic E-state index is 13.1. The first-order valence-corrected chi connectivity index (χ1v) is 9.98. The van der Waals surface area contributed by atoms with E-state index in [1.54, 1.807) is 0 Å². The van der Waals surface area contributed by atoms with Crippen LogP contribution in [0.15, 0.2) is 57.7 Å². The molecule has 0 atom stereocenters. The third kappa shape index (κ3) is 4.83. The average Bonchev–Trinajstić information content (AvgIpc) is 3.38. The number of carbonyl (C=O) groups excluding carboxylic acids is 1. The van der Waals surface area contributed by atoms with Gasteiger partial charge in [0.25, 0.3) is 0 Å². The molecular weight excluding hydrogens is 387 g/mol. The summed E-state index contributed by atoms with van der Waals surface area (Å²) in [4.78, 5) is 26.8. The SMILES string of the molecule is O=C(Cn1nc(-c2ccc(F)cc2)oc1=O)NCc1ccccc1CN1CCCC1. The molecule has 0 radical (unpaired) electrons. The zero-order valence-corrected chi connectivity index (χ0v) is 16.5. The summed E-state index contributed by atoms with van der Waals surface area (Å²) in [5.41, 5.74) is 2.71. The minimum atomic E-state index is -0.737. The Hall–Kier alpha value is -3.26. The molecule has 8 heteroatoms. The molecule has 1 fully saturated rings. The molecule has 156 valence electrons. The Balaban J connectivity index is 1.38. The molecule has 1 amide bonds. The number of nitrogens with one attached hydrogen (secondary N) is 1. The number of amides is 1. The topological polar surface area (TPSA) is 80.4 Å². The molecule has 1 aromatic heterocycles. The highest BCUT2D eigenvalue weighted by Crippen LogP contribution is 2.17. The van der Waals surface area contributed by atoms with Crippen LogP contribution in [0.1, 0.15) is 24.0 Å². The van der Waals surface area contributed by atoms with Crippen molar-refractivity contribution in [3.63, 3.8) is 0 Å². The van der Waals surface area contributed by atoms with Crippen molar-refractivity contribution in [2.24, 2.45) is 0 Å². The molecule has 0 unspecified atom stereocenters. The van der Waals surface area contributed by atoms with Crippen molar-refractivity contribution in [1.29, 1.82) is 0 Å². The molecule has 4 rings (SSSR count). The lowest BCUT2D eigenvalue weighted by atomic mass is 10.1. The van der Waals surface area contributed by atoms with E-state index in [4.69, 9.17) is 4.42 Å². The second-order valence-electron chi connectivity index (χ2n) is 7.37. The molecule has 0 bridgehead atoms. The Morgan fingerprint density at radius 2 is 1.77 bits per heavy atom. The first-order chi connectivity index (χ1) is 14.6. The summed E-state index contributed by atoms with van der Waals surface area (Å²) in [6.45, 7) is 3.20. The summed E-state index contributed by atoms with van der Waals surface area (Å²) in [5.74, 6) is -1.43. The summed E-state index contributed by atoms with van der Waals surface area (Å²) in [5, 5.41) is 6.89. The summed E-state index contributed by atoms with van der Waals surface area (Å²) >= 11 is 0. The maximum atomic E-state index is 13.1. The number of hydrogen-bond donors (Lipinski definition) is 1. The van der Waals surface area contributed by atoms with Crippen molar-refractivity contribution in [1.82, 2.24) is 20.0 Å². The molecule has 1 saturated heterocycles. The summed E-state index contributed by atoms with van der Waals surface area (Å²) in [7, 11) is 0. The molecule has 3 aromatic rings. The van der Waals surface area contributed by atoms with Gasteiger partial charge in [0.2, 0.25) is 11.8 Å². The minimum Gasteiger partial charge on any atom is -0.388 e. The van der Waals surface area contributed by atoms with Crippen molar-refractivity contribution < 1.29 is 13.6 Å². The van der Waals surface area contributed by atoms with Crippen LogP contribution in [-0.4, -0.2) is 33.7 Å². The van der Waals surface area contributed by atoms with Crippen LogP contribution in [0.2, 0.25) is 0 Å². The van der Waals surface area contributed by atoms with Gasteiger partial charge in [-0.1, -0.05) is 24.3 Å². The number of carbonyl (C=O) groups is 1. The molecule has 30 heavy (non-hydrogen) atoms. The van der Waals surface area contributed by atoms with E-state index in [1.807, 2.05) is 18.2 Å². The van der Waals surface area contributed by atoms with E-state index in [-0.39, 0.29) is 18.3 Å². The Morgan fingerprint density at radius 3 is 2.50 bits per heavy atom. The second-order valence-corrected chi connectivity index (χ2v) is 7.37. The van der Waals surface area contributed by atoms with E-state index < -0.39 is 11.6 Å². The van der Waals surface area contributed by atoms with Gasteiger partial charge in [0.15, 0.2) is 0 Å². The van der Waals surface area contributed by atoms with Gasteiger partial charge in [0.1, 0.15) is 12.4 Å². The van der Waals surface area contributed by atoms with Crippen molar-refractivity contribution in [2.45, 2.75) is 32.5 Å². The zero-order valence-electron chi connectivity index (χ0n) is 16.5. The van der Waals surface area contributed by atoms with Crippen LogP contribution in [0, 0.1) is 5.82 Å². The van der Waals surface area contributed by atoms with Gasteiger partial charge in [-0.3, -0.25) is 9.69 Å². The molecule has 0 saturated carbocycles. The van der Waals surface area contributed by atoms with E-state index in [9.17, 15) is 14.0 Å². The van der Waals surface area contributed by atoms with Gasteiger partial charge in [-0.05, 0) is 61.3 Å². The second kappa shape index (κ2) is 9.04. The average molecular weight is 410 g/mol. The number of aromatic nitrogens is 2. The summed E-state index contributed by atoms with van der Waals surface area (Å²) in [6.07, 6.45) is 2.45. The highest BCUT2D eigenvalue weighted by Gasteiger charge is 2.15. The predicted octanol–water partition coefficient (Wildman–Crippen LogP) is 2.55. The molecule has 1 N–H and O–H groups in total. The van der Waals surface area contributed by atoms with Gasteiger partial charge in [0, 0.05) is 18.7 Å². The molecule has 0 spiro atoms. The highest BCUT2D eigenvalue weighted by atomic mass is 19.1. The smallest absolute Gasteiger partial charge is 0.388 e. The molecule has 0 aliphatic carbocycles. The van der Waals surface area contributed by atoms with Gasteiger partial charge >= 0.3 is 5.76 Å². The fourth-order valence-electron chi connectivity index (χ4n) is 3.57. The summed E-state index contributed by atoms with van der Waals surface area (Å²) < 4.78 is 19.1. The Labute approximate surface area is 173 Å². The van der Waals surface area contributed by atoms with Crippen LogP contribution in [0.25, 0.3) is 11.5 Å². The van der Waals surface area contributed by atoms with Crippen LogP contribution in [0.3, 0.4) is 0 Å². The van der Waals surface area contributed by atoms with Crippen molar-refractivity contribution in [3.05, 3.63) is 76.0 Å². The lowest BCUT2D eigenvalue weighted by Crippen LogP contribution is -2.31. The lowest BCUT2D eigenvalue weighted by molar-refractivity contribution is -0.122. The molecule has 1 aliphatic heterocycles.